The number of Topliss-reactive ketones (excluding diaryl/α,β-unsaturated/α-hetero) is 1. The lowest BCUT2D eigenvalue weighted by molar-refractivity contribution is 0.0956. The van der Waals surface area contributed by atoms with Crippen LogP contribution >= 0.6 is 0 Å². The highest BCUT2D eigenvalue weighted by atomic mass is 16.1. The summed E-state index contributed by atoms with van der Waals surface area (Å²) in [5.74, 6) is 0.0829. The van der Waals surface area contributed by atoms with Crippen molar-refractivity contribution in [2.75, 3.05) is 0 Å². The highest BCUT2D eigenvalue weighted by Crippen LogP contribution is 2.14. The van der Waals surface area contributed by atoms with Crippen LogP contribution in [-0.2, 0) is 0 Å². The zero-order valence-electron chi connectivity index (χ0n) is 16.3. The van der Waals surface area contributed by atoms with E-state index in [0.29, 0.717) is 0 Å². The fourth-order valence-electron chi connectivity index (χ4n) is 3.33. The molecule has 0 saturated carbocycles. The Bertz CT molecular complexity index is 429. The van der Waals surface area contributed by atoms with E-state index in [1.165, 1.54) is 77.0 Å². The molecule has 0 aliphatic carbocycles. The number of hydrogen-bond acceptors (Lipinski definition) is 2. The van der Waals surface area contributed by atoms with Gasteiger partial charge in [-0.2, -0.15) is 0 Å². The number of nitrogens with two attached hydrogens (primary N) is 1. The monoisotopic (exact) mass is 345 g/mol. The summed E-state index contributed by atoms with van der Waals surface area (Å²) in [7, 11) is 0. The third-order valence-electron chi connectivity index (χ3n) is 5.01. The summed E-state index contributed by atoms with van der Waals surface area (Å²) >= 11 is 0. The van der Waals surface area contributed by atoms with Crippen LogP contribution in [0.1, 0.15) is 107 Å². The minimum Gasteiger partial charge on any atom is -0.321 e. The molecule has 2 nitrogen and oxygen atoms in total. The second-order valence-corrected chi connectivity index (χ2v) is 7.37. The first-order chi connectivity index (χ1) is 12.3. The maximum absolute atomic E-state index is 12.2. The van der Waals surface area contributed by atoms with Crippen molar-refractivity contribution >= 4 is 5.78 Å². The molecule has 0 aliphatic rings. The summed E-state index contributed by atoms with van der Waals surface area (Å²) in [4.78, 5) is 12.2. The van der Waals surface area contributed by atoms with Gasteiger partial charge in [-0.05, 0) is 6.42 Å². The first kappa shape index (κ1) is 21.9. The molecular formula is C23H39NO. The predicted octanol–water partition coefficient (Wildman–Crippen LogP) is 6.68. The molecule has 1 rings (SSSR count). The van der Waals surface area contributed by atoms with Crippen molar-refractivity contribution in [3.05, 3.63) is 35.9 Å². The van der Waals surface area contributed by atoms with Crippen LogP contribution in [0.2, 0.25) is 0 Å². The Labute approximate surface area is 155 Å². The standard InChI is InChI=1S/C23H39NO/c1-2-3-4-5-6-7-8-9-10-11-12-13-17-20-22(24)23(25)21-18-15-14-16-19-21/h14-16,18-19,22H,2-13,17,20,24H2,1H3. The van der Waals surface area contributed by atoms with Gasteiger partial charge in [0, 0.05) is 5.56 Å². The number of ketones is 1. The minimum absolute atomic E-state index is 0.0829. The Morgan fingerprint density at radius 1 is 0.760 bits per heavy atom. The van der Waals surface area contributed by atoms with E-state index >= 15 is 0 Å². The smallest absolute Gasteiger partial charge is 0.179 e. The molecule has 142 valence electrons. The Balaban J connectivity index is 1.89. The van der Waals surface area contributed by atoms with Gasteiger partial charge in [-0.25, -0.2) is 0 Å². The third kappa shape index (κ3) is 11.1. The average Bonchev–Trinajstić information content (AvgIpc) is 2.65. The number of rotatable bonds is 16. The van der Waals surface area contributed by atoms with Gasteiger partial charge in [0.2, 0.25) is 0 Å². The fourth-order valence-corrected chi connectivity index (χ4v) is 3.33. The molecule has 0 amide bonds. The van der Waals surface area contributed by atoms with Crippen LogP contribution in [0, 0.1) is 0 Å². The lowest BCUT2D eigenvalue weighted by Gasteiger charge is -2.10. The molecule has 2 heteroatoms. The van der Waals surface area contributed by atoms with Crippen molar-refractivity contribution < 1.29 is 4.79 Å². The SMILES string of the molecule is CCCCCCCCCCCCCCCC(N)C(=O)c1ccccc1. The van der Waals surface area contributed by atoms with Gasteiger partial charge in [0.05, 0.1) is 6.04 Å². The van der Waals surface area contributed by atoms with E-state index in [4.69, 9.17) is 5.73 Å². The van der Waals surface area contributed by atoms with Gasteiger partial charge in [0.1, 0.15) is 0 Å². The lowest BCUT2D eigenvalue weighted by atomic mass is 9.99. The van der Waals surface area contributed by atoms with Crippen LogP contribution in [0.25, 0.3) is 0 Å². The van der Waals surface area contributed by atoms with Crippen LogP contribution in [0.4, 0.5) is 0 Å². The summed E-state index contributed by atoms with van der Waals surface area (Å²) in [6.45, 7) is 2.27. The minimum atomic E-state index is -0.338. The Morgan fingerprint density at radius 3 is 1.68 bits per heavy atom. The summed E-state index contributed by atoms with van der Waals surface area (Å²) < 4.78 is 0. The van der Waals surface area contributed by atoms with Crippen LogP contribution in [0.15, 0.2) is 30.3 Å². The first-order valence-corrected chi connectivity index (χ1v) is 10.6. The molecule has 25 heavy (non-hydrogen) atoms. The lowest BCUT2D eigenvalue weighted by Crippen LogP contribution is -2.30. The summed E-state index contributed by atoms with van der Waals surface area (Å²) in [5.41, 5.74) is 6.78. The summed E-state index contributed by atoms with van der Waals surface area (Å²) in [5, 5.41) is 0. The van der Waals surface area contributed by atoms with E-state index in [1.807, 2.05) is 30.3 Å². The number of carbonyl (C=O) groups is 1. The summed E-state index contributed by atoms with van der Waals surface area (Å²) in [6.07, 6.45) is 18.3. The number of carbonyl (C=O) groups excluding carboxylic acids is 1. The van der Waals surface area contributed by atoms with Gasteiger partial charge < -0.3 is 5.73 Å². The van der Waals surface area contributed by atoms with Gasteiger partial charge in [-0.3, -0.25) is 4.79 Å². The van der Waals surface area contributed by atoms with Crippen LogP contribution in [0.3, 0.4) is 0 Å². The van der Waals surface area contributed by atoms with E-state index in [1.54, 1.807) is 0 Å². The zero-order chi connectivity index (χ0) is 18.2. The Kier molecular flexibility index (Phi) is 13.3. The van der Waals surface area contributed by atoms with Crippen molar-refractivity contribution in [1.82, 2.24) is 0 Å². The van der Waals surface area contributed by atoms with Crippen LogP contribution < -0.4 is 5.73 Å². The predicted molar refractivity (Wildman–Crippen MR) is 109 cm³/mol. The van der Waals surface area contributed by atoms with E-state index in [0.717, 1.165) is 18.4 Å². The van der Waals surface area contributed by atoms with Crippen LogP contribution in [0.5, 0.6) is 0 Å². The molecule has 0 heterocycles. The number of unbranched alkanes of at least 4 members (excludes halogenated alkanes) is 12. The summed E-state index contributed by atoms with van der Waals surface area (Å²) in [6, 6.07) is 9.08. The maximum Gasteiger partial charge on any atom is 0.179 e. The average molecular weight is 346 g/mol. The maximum atomic E-state index is 12.2. The Morgan fingerprint density at radius 2 is 1.20 bits per heavy atom. The number of benzene rings is 1. The molecule has 1 unspecified atom stereocenters. The molecule has 0 fully saturated rings. The van der Waals surface area contributed by atoms with Crippen molar-refractivity contribution in [2.24, 2.45) is 5.73 Å². The molecule has 1 atom stereocenters. The molecule has 0 radical (unpaired) electrons. The molecule has 0 spiro atoms. The highest BCUT2D eigenvalue weighted by molar-refractivity contribution is 5.99. The van der Waals surface area contributed by atoms with E-state index < -0.39 is 0 Å². The zero-order valence-corrected chi connectivity index (χ0v) is 16.3. The highest BCUT2D eigenvalue weighted by Gasteiger charge is 2.14. The normalized spacial score (nSPS) is 12.2. The third-order valence-corrected chi connectivity index (χ3v) is 5.01. The molecule has 0 aliphatic heterocycles. The molecular weight excluding hydrogens is 306 g/mol. The van der Waals surface area contributed by atoms with Crippen molar-refractivity contribution in [3.8, 4) is 0 Å². The second kappa shape index (κ2) is 15.1. The molecule has 0 aromatic heterocycles. The van der Waals surface area contributed by atoms with Gasteiger partial charge in [0.15, 0.2) is 5.78 Å². The molecule has 0 bridgehead atoms. The van der Waals surface area contributed by atoms with Gasteiger partial charge in [-0.15, -0.1) is 0 Å². The van der Waals surface area contributed by atoms with Gasteiger partial charge in [-0.1, -0.05) is 121 Å². The molecule has 2 N–H and O–H groups in total. The van der Waals surface area contributed by atoms with Crippen molar-refractivity contribution in [3.63, 3.8) is 0 Å². The van der Waals surface area contributed by atoms with Crippen molar-refractivity contribution in [1.29, 1.82) is 0 Å². The molecule has 1 aromatic rings. The quantitative estimate of drug-likeness (QED) is 0.268. The van der Waals surface area contributed by atoms with Gasteiger partial charge >= 0.3 is 0 Å². The second-order valence-electron chi connectivity index (χ2n) is 7.37. The number of hydrogen-bond donors (Lipinski definition) is 1. The van der Waals surface area contributed by atoms with E-state index in [-0.39, 0.29) is 11.8 Å². The van der Waals surface area contributed by atoms with Crippen molar-refractivity contribution in [2.45, 2.75) is 103 Å². The molecule has 0 saturated heterocycles. The van der Waals surface area contributed by atoms with Crippen LogP contribution in [-0.4, -0.2) is 11.8 Å². The fraction of sp³-hybridized carbons (Fsp3) is 0.696. The van der Waals surface area contributed by atoms with E-state index in [9.17, 15) is 4.79 Å². The van der Waals surface area contributed by atoms with E-state index in [2.05, 4.69) is 6.92 Å². The molecule has 1 aromatic carbocycles. The largest absolute Gasteiger partial charge is 0.321 e. The first-order valence-electron chi connectivity index (χ1n) is 10.6. The topological polar surface area (TPSA) is 43.1 Å². The van der Waals surface area contributed by atoms with Gasteiger partial charge in [0.25, 0.3) is 0 Å². The Hall–Kier alpha value is -1.15.